The molecule has 1 heteroatoms. The van der Waals surface area contributed by atoms with Gasteiger partial charge in [0.25, 0.3) is 0 Å². The van der Waals surface area contributed by atoms with Gasteiger partial charge in [-0.2, -0.15) is 0 Å². The highest BCUT2D eigenvalue weighted by atomic mass is 16.3. The van der Waals surface area contributed by atoms with E-state index in [0.717, 1.165) is 6.42 Å². The molecular weight excluding hydrogens is 220 g/mol. The van der Waals surface area contributed by atoms with Crippen LogP contribution >= 0.6 is 0 Å². The van der Waals surface area contributed by atoms with Gasteiger partial charge in [-0.25, -0.2) is 0 Å². The molecule has 0 heterocycles. The van der Waals surface area contributed by atoms with Gasteiger partial charge >= 0.3 is 0 Å². The molecule has 0 saturated carbocycles. The fourth-order valence-electron chi connectivity index (χ4n) is 1.16. The number of aliphatic hydroxyl groups is 1. The van der Waals surface area contributed by atoms with E-state index in [0.29, 0.717) is 6.42 Å². The van der Waals surface area contributed by atoms with Gasteiger partial charge in [-0.05, 0) is 24.7 Å². The predicted octanol–water partition coefficient (Wildman–Crippen LogP) is 3.62. The molecule has 1 atom stereocenters. The number of allylic oxidation sites excluding steroid dienone is 4. The van der Waals surface area contributed by atoms with Gasteiger partial charge in [0.05, 0.1) is 0 Å². The van der Waals surface area contributed by atoms with E-state index in [1.807, 2.05) is 12.2 Å². The van der Waals surface area contributed by atoms with Crippen molar-refractivity contribution in [3.8, 4) is 23.7 Å². The molecule has 18 heavy (non-hydrogen) atoms. The van der Waals surface area contributed by atoms with Gasteiger partial charge in [0.2, 0.25) is 0 Å². The van der Waals surface area contributed by atoms with E-state index in [2.05, 4.69) is 49.3 Å². The Morgan fingerprint density at radius 1 is 1.17 bits per heavy atom. The largest absolute Gasteiger partial charge is 0.377 e. The molecule has 0 saturated heterocycles. The number of unbranched alkanes of at least 4 members (excludes halogenated alkanes) is 3. The summed E-state index contributed by atoms with van der Waals surface area (Å²) in [5, 5.41) is 9.04. The van der Waals surface area contributed by atoms with Crippen LogP contribution in [-0.2, 0) is 0 Å². The topological polar surface area (TPSA) is 20.2 Å². The Morgan fingerprint density at radius 2 is 1.94 bits per heavy atom. The SMILES string of the molecule is C=C[C@H](O)C#CC#CC/C=C/C=C/CCCCC. The summed E-state index contributed by atoms with van der Waals surface area (Å²) in [6.45, 7) is 5.62. The molecule has 0 amide bonds. The first kappa shape index (κ1) is 16.3. The number of hydrogen-bond acceptors (Lipinski definition) is 1. The maximum Gasteiger partial charge on any atom is 0.134 e. The predicted molar refractivity (Wildman–Crippen MR) is 78.8 cm³/mol. The highest BCUT2D eigenvalue weighted by Gasteiger charge is 1.83. The van der Waals surface area contributed by atoms with Gasteiger partial charge in [0.1, 0.15) is 6.10 Å². The lowest BCUT2D eigenvalue weighted by Crippen LogP contribution is -1.94. The van der Waals surface area contributed by atoms with Crippen LogP contribution in [0.5, 0.6) is 0 Å². The van der Waals surface area contributed by atoms with Crippen LogP contribution in [0.2, 0.25) is 0 Å². The zero-order valence-electron chi connectivity index (χ0n) is 11.2. The van der Waals surface area contributed by atoms with Crippen LogP contribution in [0.15, 0.2) is 37.0 Å². The third kappa shape index (κ3) is 12.4. The van der Waals surface area contributed by atoms with Crippen LogP contribution in [0.25, 0.3) is 0 Å². The van der Waals surface area contributed by atoms with Crippen molar-refractivity contribution in [2.24, 2.45) is 0 Å². The number of aliphatic hydroxyl groups excluding tert-OH is 1. The second-order valence-electron chi connectivity index (χ2n) is 3.81. The van der Waals surface area contributed by atoms with Gasteiger partial charge < -0.3 is 5.11 Å². The van der Waals surface area contributed by atoms with Crippen molar-refractivity contribution in [2.75, 3.05) is 0 Å². The zero-order chi connectivity index (χ0) is 13.5. The third-order valence-electron chi connectivity index (χ3n) is 2.17. The molecule has 1 N–H and O–H groups in total. The molecular formula is C17H22O. The average molecular weight is 242 g/mol. The first-order valence-corrected chi connectivity index (χ1v) is 6.42. The Hall–Kier alpha value is -1.70. The molecule has 0 unspecified atom stereocenters. The van der Waals surface area contributed by atoms with E-state index in [1.165, 1.54) is 25.3 Å². The lowest BCUT2D eigenvalue weighted by Gasteiger charge is -1.89. The Kier molecular flexibility index (Phi) is 12.1. The standard InChI is InChI=1S/C17H22O/c1-3-5-6-7-8-9-10-11-12-13-14-15-16-17(18)4-2/h4,8-11,17-18H,2-3,5-7,12H2,1H3/b9-8+,11-10+/t17-/m0/s1. The normalized spacial score (nSPS) is 11.7. The van der Waals surface area contributed by atoms with Gasteiger partial charge in [0, 0.05) is 6.42 Å². The summed E-state index contributed by atoms with van der Waals surface area (Å²) in [6, 6.07) is 0. The van der Waals surface area contributed by atoms with E-state index in [1.54, 1.807) is 0 Å². The van der Waals surface area contributed by atoms with Crippen molar-refractivity contribution in [1.82, 2.24) is 0 Å². The molecule has 96 valence electrons. The molecule has 0 fully saturated rings. The van der Waals surface area contributed by atoms with Crippen molar-refractivity contribution in [2.45, 2.75) is 45.1 Å². The smallest absolute Gasteiger partial charge is 0.134 e. The van der Waals surface area contributed by atoms with Crippen molar-refractivity contribution in [3.05, 3.63) is 37.0 Å². The Bertz CT molecular complexity index is 379. The van der Waals surface area contributed by atoms with Crippen molar-refractivity contribution in [1.29, 1.82) is 0 Å². The Morgan fingerprint density at radius 3 is 2.67 bits per heavy atom. The van der Waals surface area contributed by atoms with Gasteiger partial charge in [-0.1, -0.05) is 68.6 Å². The van der Waals surface area contributed by atoms with Crippen LogP contribution < -0.4 is 0 Å². The Balaban J connectivity index is 3.67. The number of hydrogen-bond donors (Lipinski definition) is 1. The van der Waals surface area contributed by atoms with E-state index in [9.17, 15) is 0 Å². The number of rotatable bonds is 7. The summed E-state index contributed by atoms with van der Waals surface area (Å²) in [5.74, 6) is 10.7. The lowest BCUT2D eigenvalue weighted by molar-refractivity contribution is 0.281. The summed E-state index contributed by atoms with van der Waals surface area (Å²) in [7, 11) is 0. The van der Waals surface area contributed by atoms with Gasteiger partial charge in [0.15, 0.2) is 0 Å². The van der Waals surface area contributed by atoms with Crippen LogP contribution in [0.1, 0.15) is 39.0 Å². The second-order valence-corrected chi connectivity index (χ2v) is 3.81. The van der Waals surface area contributed by atoms with Crippen LogP contribution in [0, 0.1) is 23.7 Å². The monoisotopic (exact) mass is 242 g/mol. The zero-order valence-corrected chi connectivity index (χ0v) is 11.2. The summed E-state index contributed by atoms with van der Waals surface area (Å²) in [5.41, 5.74) is 0. The molecule has 0 aliphatic rings. The van der Waals surface area contributed by atoms with Crippen LogP contribution in [0.3, 0.4) is 0 Å². The maximum atomic E-state index is 9.04. The highest BCUT2D eigenvalue weighted by molar-refractivity contribution is 5.29. The Labute approximate surface area is 111 Å². The molecule has 0 aliphatic carbocycles. The lowest BCUT2D eigenvalue weighted by atomic mass is 10.2. The second kappa shape index (κ2) is 13.4. The minimum atomic E-state index is -0.777. The fourth-order valence-corrected chi connectivity index (χ4v) is 1.16. The molecule has 0 aromatic heterocycles. The molecule has 0 rings (SSSR count). The van der Waals surface area contributed by atoms with E-state index in [-0.39, 0.29) is 0 Å². The minimum Gasteiger partial charge on any atom is -0.377 e. The summed E-state index contributed by atoms with van der Waals surface area (Å²) >= 11 is 0. The highest BCUT2D eigenvalue weighted by Crippen LogP contribution is 1.99. The molecule has 0 aromatic carbocycles. The molecule has 0 aromatic rings. The van der Waals surface area contributed by atoms with E-state index in [4.69, 9.17) is 5.11 Å². The minimum absolute atomic E-state index is 0.679. The molecule has 0 radical (unpaired) electrons. The van der Waals surface area contributed by atoms with Crippen LogP contribution in [-0.4, -0.2) is 11.2 Å². The summed E-state index contributed by atoms with van der Waals surface area (Å²) in [6.07, 6.45) is 14.5. The first-order valence-electron chi connectivity index (χ1n) is 6.42. The first-order chi connectivity index (χ1) is 8.81. The van der Waals surface area contributed by atoms with Gasteiger partial charge in [-0.3, -0.25) is 0 Å². The van der Waals surface area contributed by atoms with Crippen molar-refractivity contribution in [3.63, 3.8) is 0 Å². The van der Waals surface area contributed by atoms with Crippen molar-refractivity contribution >= 4 is 0 Å². The van der Waals surface area contributed by atoms with Gasteiger partial charge in [-0.15, -0.1) is 0 Å². The summed E-state index contributed by atoms with van der Waals surface area (Å²) < 4.78 is 0. The van der Waals surface area contributed by atoms with Crippen molar-refractivity contribution < 1.29 is 5.11 Å². The quantitative estimate of drug-likeness (QED) is 0.313. The molecule has 0 bridgehead atoms. The molecule has 0 spiro atoms. The van der Waals surface area contributed by atoms with E-state index >= 15 is 0 Å². The average Bonchev–Trinajstić information content (AvgIpc) is 2.39. The van der Waals surface area contributed by atoms with E-state index < -0.39 is 6.10 Å². The maximum absolute atomic E-state index is 9.04. The summed E-state index contributed by atoms with van der Waals surface area (Å²) in [4.78, 5) is 0. The fraction of sp³-hybridized carbons (Fsp3) is 0.412. The third-order valence-corrected chi connectivity index (χ3v) is 2.17. The molecule has 1 nitrogen and oxygen atoms in total. The molecule has 0 aliphatic heterocycles. The van der Waals surface area contributed by atoms with Crippen LogP contribution in [0.4, 0.5) is 0 Å².